The standard InChI is InChI=1S/C22H25N3O6/c1-14-11-18(15(2)24(14)16-3-4-16)21(26)13-31-22(27)19-12-17(25(28)29)5-6-20(19)23-7-9-30-10-8-23/h5-6,11-12,16H,3-4,7-10,13H2,1-2H3. The molecule has 1 aromatic heterocycles. The summed E-state index contributed by atoms with van der Waals surface area (Å²) < 4.78 is 12.8. The normalized spacial score (nSPS) is 16.3. The Morgan fingerprint density at radius 3 is 2.52 bits per heavy atom. The molecule has 2 heterocycles. The number of morpholine rings is 1. The van der Waals surface area contributed by atoms with Crippen LogP contribution >= 0.6 is 0 Å². The van der Waals surface area contributed by atoms with Crippen molar-refractivity contribution in [3.63, 3.8) is 0 Å². The first-order valence-electron chi connectivity index (χ1n) is 10.4. The molecule has 31 heavy (non-hydrogen) atoms. The van der Waals surface area contributed by atoms with Crippen LogP contribution in [-0.4, -0.2) is 54.2 Å². The molecule has 0 N–H and O–H groups in total. The highest BCUT2D eigenvalue weighted by Gasteiger charge is 2.29. The van der Waals surface area contributed by atoms with Gasteiger partial charge in [0.1, 0.15) is 0 Å². The molecule has 1 saturated carbocycles. The van der Waals surface area contributed by atoms with Gasteiger partial charge in [0, 0.05) is 48.2 Å². The highest BCUT2D eigenvalue weighted by Crippen LogP contribution is 2.38. The number of hydrogen-bond acceptors (Lipinski definition) is 7. The van der Waals surface area contributed by atoms with Gasteiger partial charge in [0.15, 0.2) is 6.61 Å². The second-order valence-electron chi connectivity index (χ2n) is 7.94. The second-order valence-corrected chi connectivity index (χ2v) is 7.94. The lowest BCUT2D eigenvalue weighted by Gasteiger charge is -2.30. The molecule has 0 unspecified atom stereocenters. The van der Waals surface area contributed by atoms with E-state index in [0.717, 1.165) is 24.2 Å². The molecule has 1 aliphatic carbocycles. The van der Waals surface area contributed by atoms with Crippen LogP contribution < -0.4 is 4.90 Å². The summed E-state index contributed by atoms with van der Waals surface area (Å²) in [5.74, 6) is -1.04. The summed E-state index contributed by atoms with van der Waals surface area (Å²) in [6.07, 6.45) is 2.21. The lowest BCUT2D eigenvalue weighted by Crippen LogP contribution is -2.37. The van der Waals surface area contributed by atoms with E-state index in [1.54, 1.807) is 6.07 Å². The number of benzene rings is 1. The summed E-state index contributed by atoms with van der Waals surface area (Å²) in [5, 5.41) is 11.2. The Morgan fingerprint density at radius 1 is 1.16 bits per heavy atom. The predicted molar refractivity (Wildman–Crippen MR) is 113 cm³/mol. The quantitative estimate of drug-likeness (QED) is 0.289. The number of ketones is 1. The van der Waals surface area contributed by atoms with E-state index >= 15 is 0 Å². The number of hydrogen-bond donors (Lipinski definition) is 0. The van der Waals surface area contributed by atoms with Crippen molar-refractivity contribution >= 4 is 23.1 Å². The van der Waals surface area contributed by atoms with Crippen molar-refractivity contribution in [3.05, 3.63) is 56.9 Å². The van der Waals surface area contributed by atoms with Gasteiger partial charge in [-0.2, -0.15) is 0 Å². The maximum atomic E-state index is 12.8. The molecule has 9 nitrogen and oxygen atoms in total. The van der Waals surface area contributed by atoms with Crippen molar-refractivity contribution in [3.8, 4) is 0 Å². The van der Waals surface area contributed by atoms with Crippen LogP contribution in [0.5, 0.6) is 0 Å². The Hall–Kier alpha value is -3.20. The molecule has 0 atom stereocenters. The van der Waals surface area contributed by atoms with E-state index in [1.165, 1.54) is 12.1 Å². The molecule has 9 heteroatoms. The van der Waals surface area contributed by atoms with Gasteiger partial charge in [0.05, 0.1) is 29.4 Å². The number of non-ortho nitro benzene ring substituents is 1. The summed E-state index contributed by atoms with van der Waals surface area (Å²) in [6, 6.07) is 6.39. The first-order valence-corrected chi connectivity index (χ1v) is 10.4. The first-order chi connectivity index (χ1) is 14.9. The smallest absolute Gasteiger partial charge is 0.340 e. The van der Waals surface area contributed by atoms with E-state index in [0.29, 0.717) is 43.6 Å². The first kappa shape index (κ1) is 21.0. The zero-order valence-corrected chi connectivity index (χ0v) is 17.6. The molecule has 0 bridgehead atoms. The molecular formula is C22H25N3O6. The van der Waals surface area contributed by atoms with E-state index < -0.39 is 17.5 Å². The van der Waals surface area contributed by atoms with Crippen LogP contribution in [0.3, 0.4) is 0 Å². The number of rotatable bonds is 7. The van der Waals surface area contributed by atoms with Gasteiger partial charge in [-0.05, 0) is 38.8 Å². The number of aryl methyl sites for hydroxylation is 1. The molecule has 1 aliphatic heterocycles. The molecule has 2 aromatic rings. The maximum absolute atomic E-state index is 12.8. The van der Waals surface area contributed by atoms with Gasteiger partial charge in [-0.25, -0.2) is 4.79 Å². The van der Waals surface area contributed by atoms with Crippen molar-refractivity contribution in [2.45, 2.75) is 32.7 Å². The highest BCUT2D eigenvalue weighted by atomic mass is 16.6. The number of Topliss-reactive ketones (excluding diaryl/α,β-unsaturated/α-hetero) is 1. The Balaban J connectivity index is 1.52. The van der Waals surface area contributed by atoms with Crippen LogP contribution in [-0.2, 0) is 9.47 Å². The molecular weight excluding hydrogens is 402 g/mol. The maximum Gasteiger partial charge on any atom is 0.340 e. The number of nitrogens with zero attached hydrogens (tertiary/aromatic N) is 3. The fraction of sp³-hybridized carbons (Fsp3) is 0.455. The fourth-order valence-electron chi connectivity index (χ4n) is 4.12. The van der Waals surface area contributed by atoms with Crippen LogP contribution in [0.2, 0.25) is 0 Å². The summed E-state index contributed by atoms with van der Waals surface area (Å²) in [5.41, 5.74) is 2.85. The van der Waals surface area contributed by atoms with Crippen molar-refractivity contribution in [1.82, 2.24) is 4.57 Å². The monoisotopic (exact) mass is 427 g/mol. The van der Waals surface area contributed by atoms with Crippen LogP contribution in [0, 0.1) is 24.0 Å². The molecule has 1 aromatic carbocycles. The van der Waals surface area contributed by atoms with Gasteiger partial charge in [0.2, 0.25) is 5.78 Å². The minimum Gasteiger partial charge on any atom is -0.454 e. The molecule has 4 rings (SSSR count). The summed E-state index contributed by atoms with van der Waals surface area (Å²) in [7, 11) is 0. The van der Waals surface area contributed by atoms with Crippen LogP contribution in [0.1, 0.15) is 51.0 Å². The lowest BCUT2D eigenvalue weighted by molar-refractivity contribution is -0.384. The third-order valence-electron chi connectivity index (χ3n) is 5.79. The average molecular weight is 427 g/mol. The molecule has 0 spiro atoms. The van der Waals surface area contributed by atoms with E-state index in [1.807, 2.05) is 24.8 Å². The zero-order valence-electron chi connectivity index (χ0n) is 17.6. The number of carbonyl (C=O) groups excluding carboxylic acids is 2. The van der Waals surface area contributed by atoms with Crippen LogP contribution in [0.25, 0.3) is 0 Å². The number of nitro groups is 1. The van der Waals surface area contributed by atoms with Gasteiger partial charge in [-0.15, -0.1) is 0 Å². The van der Waals surface area contributed by atoms with E-state index in [2.05, 4.69) is 4.57 Å². The largest absolute Gasteiger partial charge is 0.454 e. The molecule has 2 fully saturated rings. The molecule has 0 radical (unpaired) electrons. The zero-order chi connectivity index (χ0) is 22.1. The third-order valence-corrected chi connectivity index (χ3v) is 5.79. The molecule has 2 aliphatic rings. The number of nitro benzene ring substituents is 1. The second kappa shape index (κ2) is 8.50. The topological polar surface area (TPSA) is 104 Å². The van der Waals surface area contributed by atoms with Gasteiger partial charge >= 0.3 is 5.97 Å². The number of carbonyl (C=O) groups is 2. The summed E-state index contributed by atoms with van der Waals surface area (Å²) >= 11 is 0. The fourth-order valence-corrected chi connectivity index (χ4v) is 4.12. The summed E-state index contributed by atoms with van der Waals surface area (Å²) in [4.78, 5) is 38.2. The Kier molecular flexibility index (Phi) is 5.77. The van der Waals surface area contributed by atoms with E-state index in [4.69, 9.17) is 9.47 Å². The van der Waals surface area contributed by atoms with E-state index in [-0.39, 0.29) is 17.0 Å². The number of esters is 1. The summed E-state index contributed by atoms with van der Waals surface area (Å²) in [6.45, 7) is 5.57. The number of ether oxygens (including phenoxy) is 2. The number of anilines is 1. The van der Waals surface area contributed by atoms with Crippen molar-refractivity contribution in [2.24, 2.45) is 0 Å². The average Bonchev–Trinajstić information content (AvgIpc) is 3.56. The van der Waals surface area contributed by atoms with E-state index in [9.17, 15) is 19.7 Å². The van der Waals surface area contributed by atoms with Gasteiger partial charge < -0.3 is 18.9 Å². The Labute approximate surface area is 179 Å². The predicted octanol–water partition coefficient (Wildman–Crippen LogP) is 3.22. The van der Waals surface area contributed by atoms with Crippen molar-refractivity contribution in [2.75, 3.05) is 37.8 Å². The molecule has 1 saturated heterocycles. The van der Waals surface area contributed by atoms with Crippen molar-refractivity contribution < 1.29 is 24.0 Å². The Bertz CT molecular complexity index is 1030. The van der Waals surface area contributed by atoms with Gasteiger partial charge in [-0.1, -0.05) is 0 Å². The minimum absolute atomic E-state index is 0.0763. The van der Waals surface area contributed by atoms with Gasteiger partial charge in [-0.3, -0.25) is 14.9 Å². The SMILES string of the molecule is Cc1cc(C(=O)COC(=O)c2cc([N+](=O)[O-])ccc2N2CCOCC2)c(C)n1C1CC1. The Morgan fingerprint density at radius 2 is 1.87 bits per heavy atom. The number of aromatic nitrogens is 1. The third kappa shape index (κ3) is 4.32. The molecule has 164 valence electrons. The van der Waals surface area contributed by atoms with Crippen LogP contribution in [0.15, 0.2) is 24.3 Å². The minimum atomic E-state index is -0.755. The van der Waals surface area contributed by atoms with Crippen LogP contribution in [0.4, 0.5) is 11.4 Å². The lowest BCUT2D eigenvalue weighted by atomic mass is 10.1. The van der Waals surface area contributed by atoms with Gasteiger partial charge in [0.25, 0.3) is 5.69 Å². The highest BCUT2D eigenvalue weighted by molar-refractivity contribution is 6.02. The molecule has 0 amide bonds. The van der Waals surface area contributed by atoms with Crippen molar-refractivity contribution in [1.29, 1.82) is 0 Å².